The van der Waals surface area contributed by atoms with Gasteiger partial charge >= 0.3 is 6.18 Å². The van der Waals surface area contributed by atoms with Crippen LogP contribution in [0.4, 0.5) is 24.9 Å². The van der Waals surface area contributed by atoms with E-state index in [0.717, 1.165) is 25.6 Å². The first-order valence-electron chi connectivity index (χ1n) is 6.44. The minimum absolute atomic E-state index is 0.0675. The van der Waals surface area contributed by atoms with E-state index in [2.05, 4.69) is 14.9 Å². The molecule has 1 fully saturated rings. The van der Waals surface area contributed by atoms with Crippen molar-refractivity contribution >= 4 is 11.8 Å². The fourth-order valence-electron chi connectivity index (χ4n) is 2.46. The van der Waals surface area contributed by atoms with Gasteiger partial charge in [-0.1, -0.05) is 0 Å². The molecule has 0 bridgehead atoms. The number of nitrogens with two attached hydrogens (primary N) is 1. The van der Waals surface area contributed by atoms with Gasteiger partial charge in [-0.05, 0) is 26.9 Å². The van der Waals surface area contributed by atoms with Gasteiger partial charge in [0.25, 0.3) is 0 Å². The number of alkyl halides is 3. The lowest BCUT2D eigenvalue weighted by Gasteiger charge is -2.29. The molecule has 0 spiro atoms. The van der Waals surface area contributed by atoms with Crippen LogP contribution in [-0.4, -0.2) is 47.6 Å². The molecular formula is C12H18F3N5. The molecule has 1 atom stereocenters. The van der Waals surface area contributed by atoms with E-state index in [9.17, 15) is 13.2 Å². The Labute approximate surface area is 115 Å². The zero-order chi connectivity index (χ0) is 14.9. The minimum atomic E-state index is -4.52. The molecule has 1 aliphatic heterocycles. The first kappa shape index (κ1) is 14.8. The lowest BCUT2D eigenvalue weighted by molar-refractivity contribution is -0.141. The van der Waals surface area contributed by atoms with Crippen LogP contribution in [0.1, 0.15) is 19.0 Å². The summed E-state index contributed by atoms with van der Waals surface area (Å²) in [6.07, 6.45) is -3.65. The Balaban J connectivity index is 2.34. The number of hydrogen-bond donors (Lipinski definition) is 1. The Morgan fingerprint density at radius 2 is 2.00 bits per heavy atom. The molecule has 1 unspecified atom stereocenters. The van der Waals surface area contributed by atoms with Gasteiger partial charge in [-0.3, -0.25) is 0 Å². The summed E-state index contributed by atoms with van der Waals surface area (Å²) >= 11 is 0. The first-order valence-corrected chi connectivity index (χ1v) is 6.44. The normalized spacial score (nSPS) is 21.9. The van der Waals surface area contributed by atoms with Crippen molar-refractivity contribution in [3.8, 4) is 0 Å². The summed E-state index contributed by atoms with van der Waals surface area (Å²) in [7, 11) is 2.00. The van der Waals surface area contributed by atoms with E-state index in [-0.39, 0.29) is 17.8 Å². The molecule has 1 aromatic heterocycles. The van der Waals surface area contributed by atoms with Gasteiger partial charge in [0.2, 0.25) is 5.95 Å². The van der Waals surface area contributed by atoms with E-state index in [1.165, 1.54) is 0 Å². The van der Waals surface area contributed by atoms with Crippen molar-refractivity contribution in [3.05, 3.63) is 11.8 Å². The molecule has 2 N–H and O–H groups in total. The molecule has 8 heteroatoms. The van der Waals surface area contributed by atoms with Gasteiger partial charge < -0.3 is 15.5 Å². The van der Waals surface area contributed by atoms with Gasteiger partial charge in [-0.25, -0.2) is 4.98 Å². The molecule has 5 nitrogen and oxygen atoms in total. The van der Waals surface area contributed by atoms with E-state index < -0.39 is 11.9 Å². The van der Waals surface area contributed by atoms with Gasteiger partial charge in [-0.15, -0.1) is 0 Å². The lowest BCUT2D eigenvalue weighted by atomic mass is 10.2. The third-order valence-electron chi connectivity index (χ3n) is 3.36. The molecule has 0 saturated carbocycles. The fourth-order valence-corrected chi connectivity index (χ4v) is 2.46. The second-order valence-corrected chi connectivity index (χ2v) is 5.13. The molecule has 1 aliphatic rings. The Hall–Kier alpha value is -1.57. The quantitative estimate of drug-likeness (QED) is 0.851. The highest BCUT2D eigenvalue weighted by atomic mass is 19.4. The van der Waals surface area contributed by atoms with Crippen LogP contribution in [0.3, 0.4) is 0 Å². The fraction of sp³-hybridized carbons (Fsp3) is 0.667. The van der Waals surface area contributed by atoms with Crippen molar-refractivity contribution in [2.24, 2.45) is 0 Å². The number of likely N-dealkylation sites (N-methyl/N-ethyl adjacent to an activating group) is 1. The Morgan fingerprint density at radius 3 is 2.65 bits per heavy atom. The third-order valence-corrected chi connectivity index (χ3v) is 3.36. The molecule has 0 amide bonds. The van der Waals surface area contributed by atoms with Crippen LogP contribution in [0.25, 0.3) is 0 Å². The maximum atomic E-state index is 12.8. The number of anilines is 2. The maximum Gasteiger partial charge on any atom is 0.433 e. The summed E-state index contributed by atoms with van der Waals surface area (Å²) in [5, 5.41) is 0. The van der Waals surface area contributed by atoms with E-state index >= 15 is 0 Å². The van der Waals surface area contributed by atoms with Crippen LogP contribution in [0.2, 0.25) is 0 Å². The highest BCUT2D eigenvalue weighted by Gasteiger charge is 2.34. The van der Waals surface area contributed by atoms with Crippen LogP contribution >= 0.6 is 0 Å². The van der Waals surface area contributed by atoms with Crippen molar-refractivity contribution in [2.75, 3.05) is 37.3 Å². The van der Waals surface area contributed by atoms with Crippen LogP contribution in [-0.2, 0) is 6.18 Å². The van der Waals surface area contributed by atoms with Crippen LogP contribution in [0.15, 0.2) is 6.07 Å². The summed E-state index contributed by atoms with van der Waals surface area (Å²) < 4.78 is 38.3. The molecule has 1 aromatic rings. The summed E-state index contributed by atoms with van der Waals surface area (Å²) in [6.45, 7) is 4.30. The van der Waals surface area contributed by atoms with Crippen molar-refractivity contribution in [2.45, 2.75) is 25.6 Å². The van der Waals surface area contributed by atoms with Crippen molar-refractivity contribution in [1.29, 1.82) is 0 Å². The summed E-state index contributed by atoms with van der Waals surface area (Å²) in [5.41, 5.74) is 4.42. The molecule has 1 saturated heterocycles. The van der Waals surface area contributed by atoms with Gasteiger partial charge in [0.05, 0.1) is 0 Å². The van der Waals surface area contributed by atoms with E-state index in [1.54, 1.807) is 0 Å². The summed E-state index contributed by atoms with van der Waals surface area (Å²) in [5.74, 6) is -0.104. The highest BCUT2D eigenvalue weighted by molar-refractivity contribution is 5.45. The van der Waals surface area contributed by atoms with E-state index in [1.807, 2.05) is 18.9 Å². The second kappa shape index (κ2) is 5.43. The molecule has 0 aliphatic carbocycles. The number of hydrogen-bond acceptors (Lipinski definition) is 5. The third kappa shape index (κ3) is 3.30. The Kier molecular flexibility index (Phi) is 4.03. The standard InChI is InChI=1S/C12H18F3N5/c1-8-7-19(2)4-3-5-20(8)10-6-9(12(13,14)15)17-11(16)18-10/h6,8H,3-5,7H2,1-2H3,(H2,16,17,18). The Bertz CT molecular complexity index is 477. The molecule has 0 radical (unpaired) electrons. The highest BCUT2D eigenvalue weighted by Crippen LogP contribution is 2.30. The first-order chi connectivity index (χ1) is 9.27. The SMILES string of the molecule is CC1CN(C)CCCN1c1cc(C(F)(F)F)nc(N)n1. The molecular weight excluding hydrogens is 271 g/mol. The summed E-state index contributed by atoms with van der Waals surface area (Å²) in [4.78, 5) is 11.2. The molecule has 112 valence electrons. The number of aromatic nitrogens is 2. The number of nitrogen functional groups attached to an aromatic ring is 1. The monoisotopic (exact) mass is 289 g/mol. The molecule has 2 heterocycles. The smallest absolute Gasteiger partial charge is 0.368 e. The number of halogens is 3. The maximum absolute atomic E-state index is 12.8. The minimum Gasteiger partial charge on any atom is -0.368 e. The van der Waals surface area contributed by atoms with Crippen molar-refractivity contribution in [1.82, 2.24) is 14.9 Å². The van der Waals surface area contributed by atoms with Crippen LogP contribution in [0, 0.1) is 0 Å². The van der Waals surface area contributed by atoms with Gasteiger partial charge in [0, 0.05) is 25.2 Å². The topological polar surface area (TPSA) is 58.3 Å². The predicted molar refractivity (Wildman–Crippen MR) is 70.4 cm³/mol. The molecule has 20 heavy (non-hydrogen) atoms. The lowest BCUT2D eigenvalue weighted by Crippen LogP contribution is -2.38. The van der Waals surface area contributed by atoms with Crippen molar-refractivity contribution < 1.29 is 13.2 Å². The van der Waals surface area contributed by atoms with Crippen molar-refractivity contribution in [3.63, 3.8) is 0 Å². The van der Waals surface area contributed by atoms with E-state index in [0.29, 0.717) is 6.54 Å². The van der Waals surface area contributed by atoms with E-state index in [4.69, 9.17) is 5.73 Å². The predicted octanol–water partition coefficient (Wildman–Crippen LogP) is 1.61. The Morgan fingerprint density at radius 1 is 1.30 bits per heavy atom. The van der Waals surface area contributed by atoms with Gasteiger partial charge in [0.15, 0.2) is 5.69 Å². The molecule has 0 aromatic carbocycles. The largest absolute Gasteiger partial charge is 0.433 e. The number of rotatable bonds is 1. The number of nitrogens with zero attached hydrogens (tertiary/aromatic N) is 4. The van der Waals surface area contributed by atoms with Crippen LogP contribution in [0.5, 0.6) is 0 Å². The van der Waals surface area contributed by atoms with Gasteiger partial charge in [0.1, 0.15) is 5.82 Å². The average molecular weight is 289 g/mol. The van der Waals surface area contributed by atoms with Crippen LogP contribution < -0.4 is 10.6 Å². The summed E-state index contributed by atoms with van der Waals surface area (Å²) in [6, 6.07) is 1.04. The zero-order valence-electron chi connectivity index (χ0n) is 11.5. The molecule has 2 rings (SSSR count). The second-order valence-electron chi connectivity index (χ2n) is 5.13. The average Bonchev–Trinajstić information content (AvgIpc) is 2.48. The zero-order valence-corrected chi connectivity index (χ0v) is 11.5. The van der Waals surface area contributed by atoms with Gasteiger partial charge in [-0.2, -0.15) is 18.2 Å².